The summed E-state index contributed by atoms with van der Waals surface area (Å²) in [5.41, 5.74) is 7.55. The topological polar surface area (TPSA) is 29.3 Å². The molecule has 17 heavy (non-hydrogen) atoms. The van der Waals surface area contributed by atoms with Crippen LogP contribution >= 0.6 is 0 Å². The molecule has 0 spiro atoms. The van der Waals surface area contributed by atoms with Crippen LogP contribution in [0.1, 0.15) is 38.8 Å². The minimum Gasteiger partial charge on any atom is -0.327 e. The molecule has 1 fully saturated rings. The highest BCUT2D eigenvalue weighted by molar-refractivity contribution is 5.18. The van der Waals surface area contributed by atoms with Gasteiger partial charge in [0.15, 0.2) is 0 Å². The molecule has 1 heterocycles. The molecule has 1 aliphatic rings. The Bertz CT molecular complexity index is 349. The van der Waals surface area contributed by atoms with E-state index in [-0.39, 0.29) is 0 Å². The molecule has 2 nitrogen and oxygen atoms in total. The van der Waals surface area contributed by atoms with Gasteiger partial charge in [-0.2, -0.15) is 0 Å². The Morgan fingerprint density at radius 3 is 2.53 bits per heavy atom. The van der Waals surface area contributed by atoms with Gasteiger partial charge in [-0.15, -0.1) is 0 Å². The van der Waals surface area contributed by atoms with Crippen molar-refractivity contribution in [2.45, 2.75) is 45.3 Å². The summed E-state index contributed by atoms with van der Waals surface area (Å²) in [7, 11) is 0. The molecule has 0 amide bonds. The molecule has 94 valence electrons. The van der Waals surface area contributed by atoms with E-state index in [1.54, 1.807) is 0 Å². The highest BCUT2D eigenvalue weighted by Gasteiger charge is 2.32. The van der Waals surface area contributed by atoms with Crippen molar-refractivity contribution in [3.05, 3.63) is 35.9 Å². The van der Waals surface area contributed by atoms with Gasteiger partial charge in [0.1, 0.15) is 0 Å². The van der Waals surface area contributed by atoms with Crippen LogP contribution in [-0.4, -0.2) is 23.5 Å². The maximum absolute atomic E-state index is 6.14. The lowest BCUT2D eigenvalue weighted by atomic mass is 9.86. The maximum Gasteiger partial charge on any atom is 0.0322 e. The van der Waals surface area contributed by atoms with Crippen LogP contribution in [0.3, 0.4) is 0 Å². The summed E-state index contributed by atoms with van der Waals surface area (Å²) in [6.07, 6.45) is 1.11. The summed E-state index contributed by atoms with van der Waals surface area (Å²) in [6.45, 7) is 8.00. The standard InChI is InChI=1S/C15H24N2/c1-11-12(2)17(10-9-15(11)16)13(3)14-7-5-4-6-8-14/h4-8,11-13,15H,9-10,16H2,1-3H3. The third-order valence-electron chi connectivity index (χ3n) is 4.46. The summed E-state index contributed by atoms with van der Waals surface area (Å²) in [4.78, 5) is 2.59. The highest BCUT2D eigenvalue weighted by Crippen LogP contribution is 2.30. The molecule has 0 aromatic heterocycles. The van der Waals surface area contributed by atoms with Crippen LogP contribution in [0.15, 0.2) is 30.3 Å². The van der Waals surface area contributed by atoms with Crippen LogP contribution < -0.4 is 5.73 Å². The van der Waals surface area contributed by atoms with Crippen molar-refractivity contribution in [3.8, 4) is 0 Å². The van der Waals surface area contributed by atoms with Gasteiger partial charge in [-0.1, -0.05) is 37.3 Å². The van der Waals surface area contributed by atoms with Gasteiger partial charge in [0, 0.05) is 24.7 Å². The Hall–Kier alpha value is -0.860. The number of benzene rings is 1. The van der Waals surface area contributed by atoms with Gasteiger partial charge in [-0.25, -0.2) is 0 Å². The predicted molar refractivity (Wildman–Crippen MR) is 72.8 cm³/mol. The second-order valence-corrected chi connectivity index (χ2v) is 5.38. The van der Waals surface area contributed by atoms with Crippen LogP contribution in [-0.2, 0) is 0 Å². The van der Waals surface area contributed by atoms with Crippen molar-refractivity contribution >= 4 is 0 Å². The first-order chi connectivity index (χ1) is 8.11. The van der Waals surface area contributed by atoms with Gasteiger partial charge < -0.3 is 5.73 Å². The summed E-state index contributed by atoms with van der Waals surface area (Å²) in [5, 5.41) is 0. The average molecular weight is 232 g/mol. The molecule has 1 aromatic carbocycles. The number of nitrogens with two attached hydrogens (primary N) is 1. The lowest BCUT2D eigenvalue weighted by Gasteiger charge is -2.44. The normalized spacial score (nSPS) is 32.4. The van der Waals surface area contributed by atoms with E-state index >= 15 is 0 Å². The third-order valence-corrected chi connectivity index (χ3v) is 4.46. The summed E-state index contributed by atoms with van der Waals surface area (Å²) < 4.78 is 0. The molecule has 0 aliphatic carbocycles. The van der Waals surface area contributed by atoms with Gasteiger partial charge in [-0.3, -0.25) is 4.90 Å². The molecule has 2 heteroatoms. The fourth-order valence-corrected chi connectivity index (χ4v) is 2.89. The fraction of sp³-hybridized carbons (Fsp3) is 0.600. The van der Waals surface area contributed by atoms with Crippen LogP contribution in [0.25, 0.3) is 0 Å². The van der Waals surface area contributed by atoms with Crippen molar-refractivity contribution < 1.29 is 0 Å². The smallest absolute Gasteiger partial charge is 0.0322 e. The van der Waals surface area contributed by atoms with Gasteiger partial charge in [0.2, 0.25) is 0 Å². The van der Waals surface area contributed by atoms with Gasteiger partial charge >= 0.3 is 0 Å². The Balaban J connectivity index is 2.12. The highest BCUT2D eigenvalue weighted by atomic mass is 15.2. The number of likely N-dealkylation sites (tertiary alicyclic amines) is 1. The van der Waals surface area contributed by atoms with Crippen molar-refractivity contribution in [2.75, 3.05) is 6.54 Å². The summed E-state index contributed by atoms with van der Waals surface area (Å²) in [6, 6.07) is 12.2. The SMILES string of the molecule is CC1C(N)CCN(C(C)c2ccccc2)C1C. The monoisotopic (exact) mass is 232 g/mol. The number of hydrogen-bond acceptors (Lipinski definition) is 2. The number of rotatable bonds is 2. The van der Waals surface area contributed by atoms with Crippen molar-refractivity contribution in [3.63, 3.8) is 0 Å². The minimum atomic E-state index is 0.365. The largest absolute Gasteiger partial charge is 0.327 e. The molecule has 2 rings (SSSR count). The molecule has 4 atom stereocenters. The zero-order valence-corrected chi connectivity index (χ0v) is 11.1. The van der Waals surface area contributed by atoms with Crippen LogP contribution in [0.5, 0.6) is 0 Å². The first kappa shape index (κ1) is 12.6. The summed E-state index contributed by atoms with van der Waals surface area (Å²) in [5.74, 6) is 0.579. The van der Waals surface area contributed by atoms with Crippen molar-refractivity contribution in [1.82, 2.24) is 4.90 Å². The minimum absolute atomic E-state index is 0.365. The fourth-order valence-electron chi connectivity index (χ4n) is 2.89. The Labute approximate surface area is 105 Å². The number of nitrogens with zero attached hydrogens (tertiary/aromatic N) is 1. The van der Waals surface area contributed by atoms with Crippen LogP contribution in [0, 0.1) is 5.92 Å². The lowest BCUT2D eigenvalue weighted by molar-refractivity contribution is 0.0626. The third kappa shape index (κ3) is 2.53. The van der Waals surface area contributed by atoms with E-state index in [1.807, 2.05) is 0 Å². The first-order valence-corrected chi connectivity index (χ1v) is 6.67. The Morgan fingerprint density at radius 1 is 1.24 bits per heavy atom. The molecule has 1 saturated heterocycles. The molecule has 0 radical (unpaired) electrons. The average Bonchev–Trinajstić information content (AvgIpc) is 2.36. The molecule has 1 aliphatic heterocycles. The second-order valence-electron chi connectivity index (χ2n) is 5.38. The van der Waals surface area contributed by atoms with E-state index in [9.17, 15) is 0 Å². The van der Waals surface area contributed by atoms with Crippen LogP contribution in [0.4, 0.5) is 0 Å². The molecule has 0 bridgehead atoms. The second kappa shape index (κ2) is 5.19. The quantitative estimate of drug-likeness (QED) is 0.849. The Morgan fingerprint density at radius 2 is 1.88 bits per heavy atom. The zero-order chi connectivity index (χ0) is 12.4. The Kier molecular flexibility index (Phi) is 3.85. The van der Waals surface area contributed by atoms with E-state index in [1.165, 1.54) is 5.56 Å². The van der Waals surface area contributed by atoms with E-state index in [0.29, 0.717) is 24.0 Å². The molecular formula is C15H24N2. The predicted octanol–water partition coefficient (Wildman–Crippen LogP) is 2.81. The zero-order valence-electron chi connectivity index (χ0n) is 11.1. The first-order valence-electron chi connectivity index (χ1n) is 6.67. The van der Waals surface area contributed by atoms with Crippen molar-refractivity contribution in [1.29, 1.82) is 0 Å². The molecule has 1 aromatic rings. The molecule has 2 N–H and O–H groups in total. The van der Waals surface area contributed by atoms with Gasteiger partial charge in [-0.05, 0) is 31.7 Å². The number of piperidine rings is 1. The molecular weight excluding hydrogens is 208 g/mol. The molecule has 4 unspecified atom stereocenters. The van der Waals surface area contributed by atoms with E-state index in [2.05, 4.69) is 56.0 Å². The van der Waals surface area contributed by atoms with Gasteiger partial charge in [0.25, 0.3) is 0 Å². The van der Waals surface area contributed by atoms with E-state index in [0.717, 1.165) is 13.0 Å². The molecule has 0 saturated carbocycles. The van der Waals surface area contributed by atoms with Crippen molar-refractivity contribution in [2.24, 2.45) is 11.7 Å². The lowest BCUT2D eigenvalue weighted by Crippen LogP contribution is -2.52. The van der Waals surface area contributed by atoms with Crippen LogP contribution in [0.2, 0.25) is 0 Å². The van der Waals surface area contributed by atoms with Gasteiger partial charge in [0.05, 0.1) is 0 Å². The number of hydrogen-bond donors (Lipinski definition) is 1. The van der Waals surface area contributed by atoms with E-state index in [4.69, 9.17) is 5.73 Å². The van der Waals surface area contributed by atoms with E-state index < -0.39 is 0 Å². The summed E-state index contributed by atoms with van der Waals surface area (Å²) >= 11 is 0. The maximum atomic E-state index is 6.14.